The third kappa shape index (κ3) is 6.49. The molecule has 1 aromatic rings. The zero-order valence-corrected chi connectivity index (χ0v) is 16.8. The molecule has 0 aliphatic heterocycles. The summed E-state index contributed by atoms with van der Waals surface area (Å²) < 4.78 is 0. The summed E-state index contributed by atoms with van der Waals surface area (Å²) >= 11 is 1.12. The first kappa shape index (κ1) is 21.1. The predicted octanol–water partition coefficient (Wildman–Crippen LogP) is 5.32. The van der Waals surface area contributed by atoms with E-state index in [1.807, 2.05) is 26.0 Å². The number of thioether (sulfide) groups is 1. The van der Waals surface area contributed by atoms with Crippen molar-refractivity contribution in [1.29, 1.82) is 0 Å². The van der Waals surface area contributed by atoms with Gasteiger partial charge in [0.1, 0.15) is 5.03 Å². The van der Waals surface area contributed by atoms with Crippen LogP contribution < -0.4 is 10.6 Å². The molecule has 0 spiro atoms. The molecule has 2 rings (SSSR count). The van der Waals surface area contributed by atoms with E-state index in [0.717, 1.165) is 17.4 Å². The Bertz CT molecular complexity index is 703. The summed E-state index contributed by atoms with van der Waals surface area (Å²) in [6, 6.07) is 8.10. The van der Waals surface area contributed by atoms with Crippen LogP contribution in [-0.4, -0.2) is 22.4 Å². The third-order valence-electron chi connectivity index (χ3n) is 4.74. The second-order valence-electron chi connectivity index (χ2n) is 7.16. The molecule has 2 amide bonds. The van der Waals surface area contributed by atoms with Crippen LogP contribution >= 0.6 is 11.8 Å². The molecule has 1 unspecified atom stereocenters. The average molecular weight is 389 g/mol. The number of hydrogen-bond acceptors (Lipinski definition) is 3. The van der Waals surface area contributed by atoms with Crippen molar-refractivity contribution in [2.45, 2.75) is 57.1 Å². The van der Waals surface area contributed by atoms with Gasteiger partial charge in [-0.05, 0) is 42.4 Å². The molecule has 0 aromatic heterocycles. The van der Waals surface area contributed by atoms with Crippen molar-refractivity contribution in [2.24, 2.45) is 5.92 Å². The number of carbonyl (C=O) groups excluding carboxylic acids is 1. The molecule has 1 aromatic carbocycles. The van der Waals surface area contributed by atoms with Crippen molar-refractivity contribution < 1.29 is 14.7 Å². The molecule has 6 heteroatoms. The Morgan fingerprint density at radius 2 is 1.81 bits per heavy atom. The molecular weight excluding hydrogens is 360 g/mol. The quantitative estimate of drug-likeness (QED) is 0.552. The summed E-state index contributed by atoms with van der Waals surface area (Å²) in [5, 5.41) is 13.8. The van der Waals surface area contributed by atoms with E-state index in [0.29, 0.717) is 5.92 Å². The Balaban J connectivity index is 2.01. The van der Waals surface area contributed by atoms with E-state index in [-0.39, 0.29) is 16.9 Å². The average Bonchev–Trinajstić information content (AvgIpc) is 2.65. The molecule has 0 saturated heterocycles. The Kier molecular flexibility index (Phi) is 8.01. The lowest BCUT2D eigenvalue weighted by Crippen LogP contribution is -2.31. The molecule has 5 nitrogen and oxygen atoms in total. The van der Waals surface area contributed by atoms with Crippen LogP contribution in [-0.2, 0) is 4.79 Å². The Morgan fingerprint density at radius 1 is 1.19 bits per heavy atom. The minimum Gasteiger partial charge on any atom is -0.465 e. The maximum atomic E-state index is 12.7. The molecule has 0 heterocycles. The topological polar surface area (TPSA) is 78.4 Å². The third-order valence-corrected chi connectivity index (χ3v) is 6.24. The lowest BCUT2D eigenvalue weighted by atomic mass is 9.84. The predicted molar refractivity (Wildman–Crippen MR) is 111 cm³/mol. The van der Waals surface area contributed by atoms with Gasteiger partial charge in [0.25, 0.3) is 0 Å². The van der Waals surface area contributed by atoms with Gasteiger partial charge >= 0.3 is 6.09 Å². The first-order valence-electron chi connectivity index (χ1n) is 9.38. The van der Waals surface area contributed by atoms with Crippen LogP contribution in [0.2, 0.25) is 0 Å². The smallest absolute Gasteiger partial charge is 0.410 e. The minimum absolute atomic E-state index is 0.00968. The number of hydrogen-bond donors (Lipinski definition) is 3. The number of rotatable bonds is 7. The van der Waals surface area contributed by atoms with E-state index < -0.39 is 11.3 Å². The summed E-state index contributed by atoms with van der Waals surface area (Å²) in [4.78, 5) is 23.5. The van der Waals surface area contributed by atoms with Crippen LogP contribution in [0.15, 0.2) is 41.6 Å². The number of benzene rings is 1. The maximum Gasteiger partial charge on any atom is 0.410 e. The molecule has 0 bridgehead atoms. The summed E-state index contributed by atoms with van der Waals surface area (Å²) in [6.07, 6.45) is 5.20. The van der Waals surface area contributed by atoms with Gasteiger partial charge in [-0.1, -0.05) is 69.3 Å². The fourth-order valence-electron chi connectivity index (χ4n) is 3.32. The van der Waals surface area contributed by atoms with Crippen molar-refractivity contribution in [3.8, 4) is 0 Å². The normalized spacial score (nSPS) is 15.7. The van der Waals surface area contributed by atoms with Gasteiger partial charge in [-0.3, -0.25) is 10.1 Å². The summed E-state index contributed by atoms with van der Waals surface area (Å²) in [5.74, 6) is 0.473. The van der Waals surface area contributed by atoms with E-state index >= 15 is 0 Å². The molecule has 3 N–H and O–H groups in total. The molecule has 1 saturated carbocycles. The molecule has 1 atom stereocenters. The molecular formula is C21H28N2O3S. The molecule has 1 fully saturated rings. The van der Waals surface area contributed by atoms with Crippen molar-refractivity contribution in [1.82, 2.24) is 5.32 Å². The zero-order chi connectivity index (χ0) is 19.8. The number of carboxylic acid groups (broad SMARTS) is 1. The van der Waals surface area contributed by atoms with E-state index in [2.05, 4.69) is 35.1 Å². The monoisotopic (exact) mass is 388 g/mol. The molecule has 27 heavy (non-hydrogen) atoms. The molecule has 1 aliphatic carbocycles. The van der Waals surface area contributed by atoms with Crippen molar-refractivity contribution >= 4 is 29.4 Å². The summed E-state index contributed by atoms with van der Waals surface area (Å²) in [7, 11) is 0. The standard InChI is InChI=1S/C21H28N2O3S/c1-4-18(23-21(25)26)27-19(14(2)3)20(24)22-17-12-10-16(11-13-17)15-8-6-5-7-9-15/h10-15,19,23H,1,5-9H2,2-3H3,(H,22,24)(H,25,26). The van der Waals surface area contributed by atoms with Crippen molar-refractivity contribution in [3.05, 3.63) is 47.2 Å². The van der Waals surface area contributed by atoms with Gasteiger partial charge in [0, 0.05) is 5.69 Å². The molecule has 146 valence electrons. The van der Waals surface area contributed by atoms with E-state index in [4.69, 9.17) is 5.11 Å². The number of nitrogens with one attached hydrogen (secondary N) is 2. The fraction of sp³-hybridized carbons (Fsp3) is 0.476. The second-order valence-corrected chi connectivity index (χ2v) is 8.32. The summed E-state index contributed by atoms with van der Waals surface area (Å²) in [5.41, 5.74) is 4.63. The van der Waals surface area contributed by atoms with Crippen LogP contribution in [0.3, 0.4) is 0 Å². The lowest BCUT2D eigenvalue weighted by Gasteiger charge is -2.23. The first-order valence-corrected chi connectivity index (χ1v) is 10.3. The van der Waals surface area contributed by atoms with E-state index in [1.54, 1.807) is 0 Å². The maximum absolute atomic E-state index is 12.7. The van der Waals surface area contributed by atoms with Gasteiger partial charge < -0.3 is 10.4 Å². The Labute approximate surface area is 165 Å². The summed E-state index contributed by atoms with van der Waals surface area (Å²) in [6.45, 7) is 7.33. The van der Waals surface area contributed by atoms with Gasteiger partial charge in [-0.2, -0.15) is 0 Å². The van der Waals surface area contributed by atoms with Crippen LogP contribution in [0.5, 0.6) is 0 Å². The van der Waals surface area contributed by atoms with Crippen LogP contribution in [0, 0.1) is 5.92 Å². The highest BCUT2D eigenvalue weighted by molar-refractivity contribution is 8.04. The highest BCUT2D eigenvalue weighted by Crippen LogP contribution is 2.33. The van der Waals surface area contributed by atoms with E-state index in [9.17, 15) is 9.59 Å². The number of carbonyl (C=O) groups is 2. The van der Waals surface area contributed by atoms with Crippen LogP contribution in [0.1, 0.15) is 57.4 Å². The minimum atomic E-state index is -1.20. The van der Waals surface area contributed by atoms with Gasteiger partial charge in [0.2, 0.25) is 5.91 Å². The SMILES string of the molecule is C=C=C(NC(=O)O)SC(C(=O)Nc1ccc(C2CCCCC2)cc1)C(C)C. The van der Waals surface area contributed by atoms with Crippen LogP contribution in [0.25, 0.3) is 0 Å². The largest absolute Gasteiger partial charge is 0.465 e. The number of amides is 2. The Hall–Kier alpha value is -2.17. The van der Waals surface area contributed by atoms with Gasteiger partial charge in [-0.25, -0.2) is 4.79 Å². The van der Waals surface area contributed by atoms with Crippen LogP contribution in [0.4, 0.5) is 10.5 Å². The van der Waals surface area contributed by atoms with Gasteiger partial charge in [-0.15, -0.1) is 0 Å². The van der Waals surface area contributed by atoms with Gasteiger partial charge in [0.15, 0.2) is 0 Å². The molecule has 1 aliphatic rings. The fourth-order valence-corrected chi connectivity index (χ4v) is 4.24. The van der Waals surface area contributed by atoms with E-state index in [1.165, 1.54) is 37.7 Å². The zero-order valence-electron chi connectivity index (χ0n) is 16.0. The lowest BCUT2D eigenvalue weighted by molar-refractivity contribution is -0.116. The van der Waals surface area contributed by atoms with Crippen molar-refractivity contribution in [3.63, 3.8) is 0 Å². The Morgan fingerprint density at radius 3 is 2.33 bits per heavy atom. The first-order chi connectivity index (χ1) is 12.9. The highest BCUT2D eigenvalue weighted by Gasteiger charge is 2.25. The second kappa shape index (κ2) is 10.2. The van der Waals surface area contributed by atoms with Crippen molar-refractivity contribution in [2.75, 3.05) is 5.32 Å². The number of anilines is 1. The molecule has 0 radical (unpaired) electrons. The van der Waals surface area contributed by atoms with Gasteiger partial charge in [0.05, 0.1) is 5.25 Å². The highest BCUT2D eigenvalue weighted by atomic mass is 32.2.